The molecule has 0 saturated heterocycles. The number of hydrogen-bond acceptors (Lipinski definition) is 6. The SMILES string of the molecule is COc1ccc(-c2coc3c4c(cc(OC)c3c2=O)OC(=O)C[C@@H]4c2ccccc2)cc1. The van der Waals surface area contributed by atoms with Gasteiger partial charge >= 0.3 is 5.97 Å². The van der Waals surface area contributed by atoms with Gasteiger partial charge in [-0.1, -0.05) is 42.5 Å². The Morgan fingerprint density at radius 1 is 0.938 bits per heavy atom. The van der Waals surface area contributed by atoms with E-state index in [2.05, 4.69) is 0 Å². The van der Waals surface area contributed by atoms with Crippen LogP contribution in [0.2, 0.25) is 0 Å². The van der Waals surface area contributed by atoms with Crippen LogP contribution < -0.4 is 19.6 Å². The van der Waals surface area contributed by atoms with E-state index < -0.39 is 0 Å². The minimum absolute atomic E-state index is 0.155. The summed E-state index contributed by atoms with van der Waals surface area (Å²) in [5.74, 6) is 0.697. The van der Waals surface area contributed by atoms with Gasteiger partial charge in [0.1, 0.15) is 34.5 Å². The van der Waals surface area contributed by atoms with Gasteiger partial charge in [-0.2, -0.15) is 0 Å². The van der Waals surface area contributed by atoms with Crippen LogP contribution in [-0.2, 0) is 4.79 Å². The molecule has 4 aromatic rings. The molecule has 160 valence electrons. The zero-order chi connectivity index (χ0) is 22.2. The Hall–Kier alpha value is -4.06. The van der Waals surface area contributed by atoms with E-state index in [1.807, 2.05) is 30.3 Å². The molecule has 0 N–H and O–H groups in total. The summed E-state index contributed by atoms with van der Waals surface area (Å²) in [6.07, 6.45) is 1.60. The highest BCUT2D eigenvalue weighted by atomic mass is 16.5. The first-order valence-corrected chi connectivity index (χ1v) is 10.2. The highest BCUT2D eigenvalue weighted by Gasteiger charge is 2.33. The monoisotopic (exact) mass is 428 g/mol. The number of methoxy groups -OCH3 is 2. The molecule has 1 aromatic heterocycles. The number of esters is 1. The van der Waals surface area contributed by atoms with E-state index in [9.17, 15) is 9.59 Å². The van der Waals surface area contributed by atoms with Crippen molar-refractivity contribution in [2.24, 2.45) is 0 Å². The van der Waals surface area contributed by atoms with Gasteiger partial charge in [-0.05, 0) is 23.3 Å². The maximum absolute atomic E-state index is 13.6. The van der Waals surface area contributed by atoms with Crippen molar-refractivity contribution in [3.63, 3.8) is 0 Å². The van der Waals surface area contributed by atoms with Gasteiger partial charge in [0, 0.05) is 17.5 Å². The third-order valence-corrected chi connectivity index (χ3v) is 5.78. The van der Waals surface area contributed by atoms with Crippen molar-refractivity contribution < 1.29 is 23.4 Å². The van der Waals surface area contributed by atoms with E-state index in [4.69, 9.17) is 18.6 Å². The zero-order valence-electron chi connectivity index (χ0n) is 17.6. The normalized spacial score (nSPS) is 15.2. The molecule has 6 heteroatoms. The van der Waals surface area contributed by atoms with Crippen molar-refractivity contribution in [3.05, 3.63) is 88.3 Å². The summed E-state index contributed by atoms with van der Waals surface area (Å²) < 4.78 is 22.3. The third-order valence-electron chi connectivity index (χ3n) is 5.78. The van der Waals surface area contributed by atoms with Crippen LogP contribution in [0, 0.1) is 0 Å². The van der Waals surface area contributed by atoms with Gasteiger partial charge in [-0.3, -0.25) is 9.59 Å². The van der Waals surface area contributed by atoms with Crippen molar-refractivity contribution in [1.82, 2.24) is 0 Å². The fraction of sp³-hybridized carbons (Fsp3) is 0.154. The number of ether oxygens (including phenoxy) is 3. The molecule has 2 heterocycles. The molecule has 32 heavy (non-hydrogen) atoms. The fourth-order valence-corrected chi connectivity index (χ4v) is 4.22. The topological polar surface area (TPSA) is 75.0 Å². The minimum Gasteiger partial charge on any atom is -0.497 e. The van der Waals surface area contributed by atoms with Crippen molar-refractivity contribution in [2.75, 3.05) is 14.2 Å². The van der Waals surface area contributed by atoms with Crippen LogP contribution in [0.3, 0.4) is 0 Å². The Morgan fingerprint density at radius 2 is 1.69 bits per heavy atom. The molecule has 1 aliphatic rings. The number of hydrogen-bond donors (Lipinski definition) is 0. The number of carbonyl (C=O) groups is 1. The Morgan fingerprint density at radius 3 is 2.38 bits per heavy atom. The highest BCUT2D eigenvalue weighted by Crippen LogP contribution is 2.45. The number of carbonyl (C=O) groups excluding carboxylic acids is 1. The average Bonchev–Trinajstić information content (AvgIpc) is 2.83. The molecular weight excluding hydrogens is 408 g/mol. The van der Waals surface area contributed by atoms with E-state index >= 15 is 0 Å². The largest absolute Gasteiger partial charge is 0.497 e. The molecule has 0 bridgehead atoms. The first-order valence-electron chi connectivity index (χ1n) is 10.2. The first-order chi connectivity index (χ1) is 15.6. The van der Waals surface area contributed by atoms with E-state index in [1.165, 1.54) is 13.4 Å². The highest BCUT2D eigenvalue weighted by molar-refractivity contribution is 5.94. The van der Waals surface area contributed by atoms with Crippen LogP contribution in [0.25, 0.3) is 22.1 Å². The lowest BCUT2D eigenvalue weighted by atomic mass is 9.85. The Bertz CT molecular complexity index is 1370. The Labute approximate surface area is 184 Å². The summed E-state index contributed by atoms with van der Waals surface area (Å²) in [6.45, 7) is 0. The lowest BCUT2D eigenvalue weighted by Crippen LogP contribution is -2.22. The third kappa shape index (κ3) is 3.21. The molecule has 0 saturated carbocycles. The van der Waals surface area contributed by atoms with Gasteiger partial charge < -0.3 is 18.6 Å². The molecule has 0 radical (unpaired) electrons. The standard InChI is InChI=1S/C26H20O6/c1-29-17-10-8-16(9-11-17)19-14-31-26-23-18(15-6-4-3-5-7-15)12-22(27)32-21(23)13-20(30-2)24(26)25(19)28/h3-11,13-14,18H,12H2,1-2H3/t18-/m1/s1. The summed E-state index contributed by atoms with van der Waals surface area (Å²) in [6, 6.07) is 18.4. The van der Waals surface area contributed by atoms with Gasteiger partial charge in [0.15, 0.2) is 0 Å². The first kappa shape index (κ1) is 19.9. The minimum atomic E-state index is -0.343. The summed E-state index contributed by atoms with van der Waals surface area (Å²) >= 11 is 0. The second-order valence-corrected chi connectivity index (χ2v) is 7.54. The van der Waals surface area contributed by atoms with Gasteiger partial charge in [-0.25, -0.2) is 0 Å². The van der Waals surface area contributed by atoms with Gasteiger partial charge in [0.05, 0.1) is 26.2 Å². The van der Waals surface area contributed by atoms with Crippen LogP contribution in [-0.4, -0.2) is 20.2 Å². The Balaban J connectivity index is 1.77. The molecule has 0 aliphatic carbocycles. The number of rotatable bonds is 4. The van der Waals surface area contributed by atoms with E-state index in [0.717, 1.165) is 5.56 Å². The van der Waals surface area contributed by atoms with Crippen molar-refractivity contribution in [1.29, 1.82) is 0 Å². The second kappa shape index (κ2) is 7.89. The predicted octanol–water partition coefficient (Wildman–Crippen LogP) is 4.92. The molecule has 0 unspecified atom stereocenters. The van der Waals surface area contributed by atoms with E-state index in [0.29, 0.717) is 44.9 Å². The lowest BCUT2D eigenvalue weighted by molar-refractivity contribution is -0.135. The van der Waals surface area contributed by atoms with Crippen molar-refractivity contribution in [2.45, 2.75) is 12.3 Å². The summed E-state index contributed by atoms with van der Waals surface area (Å²) in [5.41, 5.74) is 2.86. The summed E-state index contributed by atoms with van der Waals surface area (Å²) in [5, 5.41) is 0.318. The number of fused-ring (bicyclic) bond motifs is 3. The van der Waals surface area contributed by atoms with Gasteiger partial charge in [0.25, 0.3) is 0 Å². The van der Waals surface area contributed by atoms with Crippen molar-refractivity contribution in [3.8, 4) is 28.4 Å². The molecule has 3 aromatic carbocycles. The van der Waals surface area contributed by atoms with Crippen LogP contribution in [0.15, 0.2) is 76.1 Å². The predicted molar refractivity (Wildman–Crippen MR) is 120 cm³/mol. The maximum atomic E-state index is 13.6. The zero-order valence-corrected chi connectivity index (χ0v) is 17.6. The molecule has 6 nitrogen and oxygen atoms in total. The van der Waals surface area contributed by atoms with Crippen LogP contribution in [0.4, 0.5) is 0 Å². The molecule has 5 rings (SSSR count). The molecule has 0 amide bonds. The number of benzene rings is 3. The van der Waals surface area contributed by atoms with Crippen LogP contribution in [0.1, 0.15) is 23.5 Å². The molecule has 1 atom stereocenters. The summed E-state index contributed by atoms with van der Waals surface area (Å²) in [7, 11) is 3.06. The van der Waals surface area contributed by atoms with Gasteiger partial charge in [-0.15, -0.1) is 0 Å². The Kier molecular flexibility index (Phi) is 4.90. The molecule has 1 aliphatic heterocycles. The summed E-state index contributed by atoms with van der Waals surface area (Å²) in [4.78, 5) is 25.9. The average molecular weight is 428 g/mol. The maximum Gasteiger partial charge on any atom is 0.312 e. The van der Waals surface area contributed by atoms with E-state index in [1.54, 1.807) is 37.4 Å². The molecule has 0 fully saturated rings. The smallest absolute Gasteiger partial charge is 0.312 e. The quantitative estimate of drug-likeness (QED) is 0.339. The molecular formula is C26H20O6. The van der Waals surface area contributed by atoms with Gasteiger partial charge in [0.2, 0.25) is 5.43 Å². The molecule has 0 spiro atoms. The fourth-order valence-electron chi connectivity index (χ4n) is 4.22. The second-order valence-electron chi connectivity index (χ2n) is 7.54. The van der Waals surface area contributed by atoms with Crippen LogP contribution >= 0.6 is 0 Å². The van der Waals surface area contributed by atoms with Crippen molar-refractivity contribution >= 4 is 16.9 Å². The lowest BCUT2D eigenvalue weighted by Gasteiger charge is -2.26. The van der Waals surface area contributed by atoms with E-state index in [-0.39, 0.29) is 23.7 Å². The van der Waals surface area contributed by atoms with Crippen LogP contribution in [0.5, 0.6) is 17.2 Å².